The van der Waals surface area contributed by atoms with Gasteiger partial charge in [-0.05, 0) is 18.9 Å². The predicted molar refractivity (Wildman–Crippen MR) is 82.3 cm³/mol. The first-order chi connectivity index (χ1) is 10.8. The maximum absolute atomic E-state index is 11.9. The molecule has 22 heavy (non-hydrogen) atoms. The molecular weight excluding hydrogens is 282 g/mol. The summed E-state index contributed by atoms with van der Waals surface area (Å²) in [6.45, 7) is 5.37. The van der Waals surface area contributed by atoms with Gasteiger partial charge in [-0.25, -0.2) is 4.79 Å². The normalized spacial score (nSPS) is 10.6. The van der Waals surface area contributed by atoms with Crippen LogP contribution in [0.1, 0.15) is 42.7 Å². The van der Waals surface area contributed by atoms with Gasteiger partial charge < -0.3 is 9.47 Å². The summed E-state index contributed by atoms with van der Waals surface area (Å²) in [5.41, 5.74) is 2.49. The lowest BCUT2D eigenvalue weighted by molar-refractivity contribution is 0.0520. The van der Waals surface area contributed by atoms with Crippen molar-refractivity contribution in [2.24, 2.45) is 0 Å². The fourth-order valence-corrected chi connectivity index (χ4v) is 2.07. The fourth-order valence-electron chi connectivity index (χ4n) is 2.07. The van der Waals surface area contributed by atoms with Gasteiger partial charge in [0.05, 0.1) is 13.2 Å². The van der Waals surface area contributed by atoms with Crippen LogP contribution >= 0.6 is 0 Å². The van der Waals surface area contributed by atoms with E-state index in [9.17, 15) is 4.79 Å². The number of aromatic nitrogens is 3. The average Bonchev–Trinajstić information content (AvgIpc) is 3.02. The summed E-state index contributed by atoms with van der Waals surface area (Å²) in [7, 11) is 0. The zero-order valence-corrected chi connectivity index (χ0v) is 13.0. The summed E-state index contributed by atoms with van der Waals surface area (Å²) in [6.07, 6.45) is 2.12. The van der Waals surface area contributed by atoms with Crippen molar-refractivity contribution in [3.8, 4) is 11.3 Å². The van der Waals surface area contributed by atoms with Crippen molar-refractivity contribution in [1.82, 2.24) is 15.4 Å². The Balaban J connectivity index is 2.22. The number of carbonyl (C=O) groups excluding carboxylic acids is 1. The Bertz CT molecular complexity index is 610. The molecule has 0 spiro atoms. The van der Waals surface area contributed by atoms with Crippen molar-refractivity contribution in [3.05, 3.63) is 35.5 Å². The second kappa shape index (κ2) is 8.29. The maximum Gasteiger partial charge on any atom is 0.361 e. The van der Waals surface area contributed by atoms with E-state index in [1.54, 1.807) is 6.92 Å². The van der Waals surface area contributed by atoms with Crippen molar-refractivity contribution in [2.75, 3.05) is 13.2 Å². The van der Waals surface area contributed by atoms with Crippen LogP contribution in [0, 0.1) is 0 Å². The third-order valence-electron chi connectivity index (χ3n) is 3.19. The number of nitrogens with one attached hydrogen (secondary N) is 1. The molecule has 0 radical (unpaired) electrons. The van der Waals surface area contributed by atoms with Crippen LogP contribution in [0.15, 0.2) is 24.3 Å². The maximum atomic E-state index is 11.9. The smallest absolute Gasteiger partial charge is 0.361 e. The molecule has 0 amide bonds. The third kappa shape index (κ3) is 3.92. The lowest BCUT2D eigenvalue weighted by Gasteiger charge is -2.09. The zero-order chi connectivity index (χ0) is 15.8. The molecule has 0 atom stereocenters. The number of aromatic amines is 1. The number of hydrogen-bond acceptors (Lipinski definition) is 5. The molecule has 0 aliphatic heterocycles. The Morgan fingerprint density at radius 1 is 1.23 bits per heavy atom. The standard InChI is InChI=1S/C16H21N3O3/c1-3-5-10-21-11-12-8-6-7-9-13(12)14-15(18-19-17-14)16(20)22-4-2/h6-9H,3-5,10-11H2,1-2H3,(H,17,18,19). The van der Waals surface area contributed by atoms with Crippen LogP contribution in [-0.2, 0) is 16.1 Å². The van der Waals surface area contributed by atoms with Gasteiger partial charge in [-0.2, -0.15) is 10.3 Å². The van der Waals surface area contributed by atoms with E-state index in [-0.39, 0.29) is 5.69 Å². The number of benzene rings is 1. The lowest BCUT2D eigenvalue weighted by atomic mass is 10.0. The molecule has 2 rings (SSSR count). The Hall–Kier alpha value is -2.21. The first-order valence-corrected chi connectivity index (χ1v) is 7.51. The Labute approximate surface area is 129 Å². The average molecular weight is 303 g/mol. The third-order valence-corrected chi connectivity index (χ3v) is 3.19. The van der Waals surface area contributed by atoms with Crippen LogP contribution in [0.2, 0.25) is 0 Å². The number of H-pyrrole nitrogens is 1. The first kappa shape index (κ1) is 16.2. The molecule has 1 aromatic carbocycles. The van der Waals surface area contributed by atoms with Crippen molar-refractivity contribution >= 4 is 5.97 Å². The molecule has 1 aromatic heterocycles. The van der Waals surface area contributed by atoms with Gasteiger partial charge >= 0.3 is 5.97 Å². The molecule has 1 N–H and O–H groups in total. The van der Waals surface area contributed by atoms with Crippen LogP contribution in [-0.4, -0.2) is 34.6 Å². The van der Waals surface area contributed by atoms with Crippen molar-refractivity contribution < 1.29 is 14.3 Å². The lowest BCUT2D eigenvalue weighted by Crippen LogP contribution is -2.07. The molecule has 0 fully saturated rings. The monoisotopic (exact) mass is 303 g/mol. The molecule has 0 aliphatic rings. The van der Waals surface area contributed by atoms with Gasteiger partial charge in [0.25, 0.3) is 0 Å². The second-order valence-corrected chi connectivity index (χ2v) is 4.80. The summed E-state index contributed by atoms with van der Waals surface area (Å²) >= 11 is 0. The molecule has 0 saturated carbocycles. The fraction of sp³-hybridized carbons (Fsp3) is 0.438. The summed E-state index contributed by atoms with van der Waals surface area (Å²) < 4.78 is 10.7. The van der Waals surface area contributed by atoms with E-state index in [2.05, 4.69) is 22.3 Å². The van der Waals surface area contributed by atoms with Gasteiger partial charge in [0, 0.05) is 12.2 Å². The Kier molecular flexibility index (Phi) is 6.09. The van der Waals surface area contributed by atoms with E-state index in [0.29, 0.717) is 25.5 Å². The van der Waals surface area contributed by atoms with E-state index in [1.807, 2.05) is 24.3 Å². The van der Waals surface area contributed by atoms with Gasteiger partial charge in [-0.15, -0.1) is 5.10 Å². The molecule has 0 aliphatic carbocycles. The minimum atomic E-state index is -0.479. The van der Waals surface area contributed by atoms with Crippen molar-refractivity contribution in [1.29, 1.82) is 0 Å². The minimum absolute atomic E-state index is 0.197. The molecule has 0 unspecified atom stereocenters. The van der Waals surface area contributed by atoms with E-state index >= 15 is 0 Å². The summed E-state index contributed by atoms with van der Waals surface area (Å²) in [4.78, 5) is 11.9. The van der Waals surface area contributed by atoms with E-state index in [1.165, 1.54) is 0 Å². The molecule has 0 saturated heterocycles. The number of carbonyl (C=O) groups is 1. The highest BCUT2D eigenvalue weighted by Gasteiger charge is 2.20. The summed E-state index contributed by atoms with van der Waals surface area (Å²) in [6, 6.07) is 7.70. The topological polar surface area (TPSA) is 77.1 Å². The first-order valence-electron chi connectivity index (χ1n) is 7.51. The van der Waals surface area contributed by atoms with Crippen LogP contribution in [0.5, 0.6) is 0 Å². The molecule has 2 aromatic rings. The molecule has 6 heteroatoms. The molecule has 1 heterocycles. The highest BCUT2D eigenvalue weighted by Crippen LogP contribution is 2.25. The van der Waals surface area contributed by atoms with Crippen LogP contribution in [0.4, 0.5) is 0 Å². The van der Waals surface area contributed by atoms with Gasteiger partial charge in [0.1, 0.15) is 5.69 Å². The van der Waals surface area contributed by atoms with Gasteiger partial charge in [0.2, 0.25) is 0 Å². The van der Waals surface area contributed by atoms with Gasteiger partial charge in [-0.3, -0.25) is 0 Å². The number of esters is 1. The number of hydrogen-bond donors (Lipinski definition) is 1. The summed E-state index contributed by atoms with van der Waals surface area (Å²) in [5.74, 6) is -0.479. The van der Waals surface area contributed by atoms with Crippen LogP contribution in [0.3, 0.4) is 0 Å². The van der Waals surface area contributed by atoms with Crippen molar-refractivity contribution in [3.63, 3.8) is 0 Å². The number of nitrogens with zero attached hydrogens (tertiary/aromatic N) is 2. The molecular formula is C16H21N3O3. The zero-order valence-electron chi connectivity index (χ0n) is 13.0. The van der Waals surface area contributed by atoms with E-state index in [0.717, 1.165) is 24.0 Å². The molecule has 6 nitrogen and oxygen atoms in total. The number of rotatable bonds is 8. The minimum Gasteiger partial charge on any atom is -0.461 e. The van der Waals surface area contributed by atoms with Gasteiger partial charge in [-0.1, -0.05) is 37.6 Å². The summed E-state index contributed by atoms with van der Waals surface area (Å²) in [5, 5.41) is 10.5. The second-order valence-electron chi connectivity index (χ2n) is 4.80. The largest absolute Gasteiger partial charge is 0.461 e. The molecule has 118 valence electrons. The van der Waals surface area contributed by atoms with Crippen LogP contribution < -0.4 is 0 Å². The Morgan fingerprint density at radius 3 is 2.82 bits per heavy atom. The predicted octanol–water partition coefficient (Wildman–Crippen LogP) is 2.97. The number of unbranched alkanes of at least 4 members (excludes halogenated alkanes) is 1. The highest BCUT2D eigenvalue weighted by atomic mass is 16.5. The van der Waals surface area contributed by atoms with E-state index in [4.69, 9.17) is 9.47 Å². The van der Waals surface area contributed by atoms with E-state index < -0.39 is 5.97 Å². The SMILES string of the molecule is CCCCOCc1ccccc1-c1n[nH]nc1C(=O)OCC. The highest BCUT2D eigenvalue weighted by molar-refractivity contribution is 5.94. The van der Waals surface area contributed by atoms with Crippen LogP contribution in [0.25, 0.3) is 11.3 Å². The number of ether oxygens (including phenoxy) is 2. The molecule has 0 bridgehead atoms. The van der Waals surface area contributed by atoms with Gasteiger partial charge in [0.15, 0.2) is 5.69 Å². The quantitative estimate of drug-likeness (QED) is 0.599. The van der Waals surface area contributed by atoms with Crippen molar-refractivity contribution in [2.45, 2.75) is 33.3 Å². The Morgan fingerprint density at radius 2 is 2.05 bits per heavy atom.